The van der Waals surface area contributed by atoms with E-state index in [4.69, 9.17) is 11.6 Å². The maximum Gasteiger partial charge on any atom is 0.258 e. The van der Waals surface area contributed by atoms with Crippen molar-refractivity contribution in [3.05, 3.63) is 87.4 Å². The van der Waals surface area contributed by atoms with Gasteiger partial charge in [0.05, 0.1) is 17.4 Å². The van der Waals surface area contributed by atoms with Crippen molar-refractivity contribution in [2.45, 2.75) is 19.5 Å². The number of nitrogens with one attached hydrogen (secondary N) is 2. The molecule has 0 radical (unpaired) electrons. The Kier molecular flexibility index (Phi) is 4.45. The monoisotopic (exact) mass is 363 g/mol. The van der Waals surface area contributed by atoms with E-state index >= 15 is 0 Å². The smallest absolute Gasteiger partial charge is 0.258 e. The molecule has 4 rings (SSSR count). The van der Waals surface area contributed by atoms with E-state index in [0.717, 1.165) is 0 Å². The van der Waals surface area contributed by atoms with Crippen LogP contribution in [0.4, 0.5) is 0 Å². The van der Waals surface area contributed by atoms with Crippen molar-refractivity contribution in [1.82, 2.24) is 15.3 Å². The molecule has 1 aromatic heterocycles. The zero-order valence-corrected chi connectivity index (χ0v) is 15.0. The van der Waals surface area contributed by atoms with Crippen molar-refractivity contribution in [3.63, 3.8) is 0 Å². The van der Waals surface area contributed by atoms with Gasteiger partial charge in [-0.1, -0.05) is 48.0 Å². The summed E-state index contributed by atoms with van der Waals surface area (Å²) in [4.78, 5) is 19.6. The number of H-pyrrole nitrogens is 1. The number of hydrogen-bond acceptors (Lipinski definition) is 3. The molecule has 4 nitrogen and oxygen atoms in total. The molecule has 1 unspecified atom stereocenters. The van der Waals surface area contributed by atoms with E-state index in [2.05, 4.69) is 52.5 Å². The zero-order chi connectivity index (χ0) is 18.1. The largest absolute Gasteiger partial charge is 0.309 e. The summed E-state index contributed by atoms with van der Waals surface area (Å²) in [5, 5.41) is 6.90. The molecule has 1 heterocycles. The third-order valence-electron chi connectivity index (χ3n) is 4.57. The second kappa shape index (κ2) is 6.90. The third-order valence-corrected chi connectivity index (χ3v) is 4.80. The van der Waals surface area contributed by atoms with E-state index in [1.165, 1.54) is 16.3 Å². The van der Waals surface area contributed by atoms with E-state index in [9.17, 15) is 4.79 Å². The van der Waals surface area contributed by atoms with Crippen LogP contribution >= 0.6 is 11.6 Å². The molecule has 130 valence electrons. The maximum atomic E-state index is 12.2. The Labute approximate surface area is 155 Å². The van der Waals surface area contributed by atoms with Crippen LogP contribution in [0.2, 0.25) is 5.02 Å². The number of hydrogen-bond donors (Lipinski definition) is 2. The first-order valence-corrected chi connectivity index (χ1v) is 8.88. The molecule has 0 amide bonds. The first-order chi connectivity index (χ1) is 12.6. The average molecular weight is 364 g/mol. The summed E-state index contributed by atoms with van der Waals surface area (Å²) in [6.07, 6.45) is 0. The Hall–Kier alpha value is -2.69. The molecule has 0 aliphatic rings. The summed E-state index contributed by atoms with van der Waals surface area (Å²) >= 11 is 5.95. The molecular formula is C21H18ClN3O. The molecular weight excluding hydrogens is 346 g/mol. The lowest BCUT2D eigenvalue weighted by molar-refractivity contribution is 0.560. The number of nitrogens with zero attached hydrogens (tertiary/aromatic N) is 1. The van der Waals surface area contributed by atoms with Crippen molar-refractivity contribution in [2.24, 2.45) is 0 Å². The van der Waals surface area contributed by atoms with Crippen molar-refractivity contribution in [2.75, 3.05) is 0 Å². The van der Waals surface area contributed by atoms with E-state index in [-0.39, 0.29) is 11.6 Å². The standard InChI is InChI=1S/C21H18ClN3O/c1-13(15-7-6-14-4-2-3-5-16(14)10-15)23-12-20-24-19-9-8-17(22)11-18(19)21(26)25-20/h2-11,13,23H,12H2,1H3,(H,24,25,26). The fourth-order valence-electron chi connectivity index (χ4n) is 3.09. The number of fused-ring (bicyclic) bond motifs is 2. The Morgan fingerprint density at radius 1 is 1.08 bits per heavy atom. The minimum absolute atomic E-state index is 0.130. The molecule has 0 aliphatic carbocycles. The molecule has 26 heavy (non-hydrogen) atoms. The lowest BCUT2D eigenvalue weighted by Crippen LogP contribution is -2.22. The normalized spacial score (nSPS) is 12.5. The number of halogens is 1. The van der Waals surface area contributed by atoms with E-state index in [1.807, 2.05) is 12.1 Å². The lowest BCUT2D eigenvalue weighted by Gasteiger charge is -2.15. The Balaban J connectivity index is 1.55. The highest BCUT2D eigenvalue weighted by molar-refractivity contribution is 6.31. The molecule has 2 N–H and O–H groups in total. The van der Waals surface area contributed by atoms with Crippen LogP contribution in [-0.4, -0.2) is 9.97 Å². The van der Waals surface area contributed by atoms with Crippen LogP contribution in [0.3, 0.4) is 0 Å². The van der Waals surface area contributed by atoms with Crippen LogP contribution in [0.15, 0.2) is 65.5 Å². The zero-order valence-electron chi connectivity index (χ0n) is 14.3. The number of aromatic nitrogens is 2. The molecule has 0 spiro atoms. The molecule has 0 saturated heterocycles. The second-order valence-corrected chi connectivity index (χ2v) is 6.82. The molecule has 4 aromatic rings. The summed E-state index contributed by atoms with van der Waals surface area (Å²) in [7, 11) is 0. The van der Waals surface area contributed by atoms with Crippen LogP contribution in [0, 0.1) is 0 Å². The summed E-state index contributed by atoms with van der Waals surface area (Å²) in [5.41, 5.74) is 1.67. The maximum absolute atomic E-state index is 12.2. The van der Waals surface area contributed by atoms with Crippen molar-refractivity contribution in [1.29, 1.82) is 0 Å². The van der Waals surface area contributed by atoms with Crippen molar-refractivity contribution >= 4 is 33.3 Å². The average Bonchev–Trinajstić information content (AvgIpc) is 2.66. The molecule has 0 saturated carbocycles. The number of aromatic amines is 1. The fourth-order valence-corrected chi connectivity index (χ4v) is 3.26. The molecule has 3 aromatic carbocycles. The first-order valence-electron chi connectivity index (χ1n) is 8.51. The number of benzene rings is 3. The van der Waals surface area contributed by atoms with Gasteiger partial charge in [0, 0.05) is 11.1 Å². The Morgan fingerprint density at radius 2 is 1.88 bits per heavy atom. The van der Waals surface area contributed by atoms with Crippen LogP contribution in [0.1, 0.15) is 24.4 Å². The van der Waals surface area contributed by atoms with Gasteiger partial charge in [-0.05, 0) is 47.5 Å². The van der Waals surface area contributed by atoms with Gasteiger partial charge in [0.25, 0.3) is 5.56 Å². The van der Waals surface area contributed by atoms with Crippen molar-refractivity contribution in [3.8, 4) is 0 Å². The van der Waals surface area contributed by atoms with E-state index < -0.39 is 0 Å². The Morgan fingerprint density at radius 3 is 2.73 bits per heavy atom. The minimum Gasteiger partial charge on any atom is -0.309 e. The first kappa shape index (κ1) is 16.8. The predicted octanol–water partition coefficient (Wildman–Crippen LogP) is 4.58. The molecule has 0 bridgehead atoms. The number of rotatable bonds is 4. The lowest BCUT2D eigenvalue weighted by atomic mass is 10.0. The molecule has 5 heteroatoms. The quantitative estimate of drug-likeness (QED) is 0.558. The highest BCUT2D eigenvalue weighted by Gasteiger charge is 2.09. The summed E-state index contributed by atoms with van der Waals surface area (Å²) in [6.45, 7) is 2.57. The highest BCUT2D eigenvalue weighted by Crippen LogP contribution is 2.20. The minimum atomic E-state index is -0.173. The SMILES string of the molecule is CC(NCc1nc2ccc(Cl)cc2c(=O)[nH]1)c1ccc2ccccc2c1. The van der Waals surface area contributed by atoms with Gasteiger partial charge in [-0.15, -0.1) is 0 Å². The van der Waals surface area contributed by atoms with Gasteiger partial charge in [-0.2, -0.15) is 0 Å². The van der Waals surface area contributed by atoms with Gasteiger partial charge >= 0.3 is 0 Å². The third kappa shape index (κ3) is 3.34. The van der Waals surface area contributed by atoms with E-state index in [1.54, 1.807) is 18.2 Å². The van der Waals surface area contributed by atoms with Gasteiger partial charge in [0.2, 0.25) is 0 Å². The van der Waals surface area contributed by atoms with Crippen LogP contribution in [0.5, 0.6) is 0 Å². The Bertz CT molecular complexity index is 1150. The summed E-state index contributed by atoms with van der Waals surface area (Å²) < 4.78 is 0. The molecule has 0 aliphatic heterocycles. The summed E-state index contributed by atoms with van der Waals surface area (Å²) in [5.74, 6) is 0.609. The van der Waals surface area contributed by atoms with Crippen LogP contribution < -0.4 is 10.9 Å². The topological polar surface area (TPSA) is 57.8 Å². The van der Waals surface area contributed by atoms with Gasteiger partial charge < -0.3 is 10.3 Å². The molecule has 1 atom stereocenters. The fraction of sp³-hybridized carbons (Fsp3) is 0.143. The van der Waals surface area contributed by atoms with E-state index in [0.29, 0.717) is 28.3 Å². The van der Waals surface area contributed by atoms with Gasteiger partial charge in [-0.3, -0.25) is 4.79 Å². The highest BCUT2D eigenvalue weighted by atomic mass is 35.5. The van der Waals surface area contributed by atoms with Crippen LogP contribution in [0.25, 0.3) is 21.7 Å². The van der Waals surface area contributed by atoms with Crippen LogP contribution in [-0.2, 0) is 6.54 Å². The van der Waals surface area contributed by atoms with Gasteiger partial charge in [0.15, 0.2) is 0 Å². The molecule has 0 fully saturated rings. The van der Waals surface area contributed by atoms with Gasteiger partial charge in [-0.25, -0.2) is 4.98 Å². The second-order valence-electron chi connectivity index (χ2n) is 6.38. The predicted molar refractivity (Wildman–Crippen MR) is 107 cm³/mol. The van der Waals surface area contributed by atoms with Gasteiger partial charge in [0.1, 0.15) is 5.82 Å². The van der Waals surface area contributed by atoms with Crippen molar-refractivity contribution < 1.29 is 0 Å². The summed E-state index contributed by atoms with van der Waals surface area (Å²) in [6, 6.07) is 20.0.